The van der Waals surface area contributed by atoms with Crippen molar-refractivity contribution in [3.8, 4) is 0 Å². The minimum atomic E-state index is -0.890. The Labute approximate surface area is 187 Å². The van der Waals surface area contributed by atoms with Gasteiger partial charge < -0.3 is 10.1 Å². The molecule has 1 saturated heterocycles. The molecule has 31 heavy (non-hydrogen) atoms. The van der Waals surface area contributed by atoms with Gasteiger partial charge in [-0.05, 0) is 36.8 Å². The predicted molar refractivity (Wildman–Crippen MR) is 118 cm³/mol. The highest BCUT2D eigenvalue weighted by atomic mass is 35.5. The molecule has 0 radical (unpaired) electrons. The molecular weight excluding hydrogens is 448 g/mol. The number of amidine groups is 1. The van der Waals surface area contributed by atoms with Crippen LogP contribution in [0.5, 0.6) is 0 Å². The molecule has 3 rings (SSSR count). The van der Waals surface area contributed by atoms with Gasteiger partial charge in [0, 0.05) is 24.6 Å². The van der Waals surface area contributed by atoms with Gasteiger partial charge in [0.25, 0.3) is 0 Å². The first-order valence-electron chi connectivity index (χ1n) is 9.35. The topological polar surface area (TPSA) is 71.0 Å². The maximum atomic E-state index is 13.8. The smallest absolute Gasteiger partial charge is 0.242 e. The van der Waals surface area contributed by atoms with Gasteiger partial charge in [-0.15, -0.1) is 0 Å². The van der Waals surface area contributed by atoms with Crippen molar-refractivity contribution in [2.24, 2.45) is 4.99 Å². The zero-order chi connectivity index (χ0) is 22.5. The van der Waals surface area contributed by atoms with E-state index in [0.29, 0.717) is 28.6 Å². The molecule has 0 aliphatic carbocycles. The van der Waals surface area contributed by atoms with E-state index in [1.165, 1.54) is 12.0 Å². The van der Waals surface area contributed by atoms with Crippen LogP contribution in [0.4, 0.5) is 20.2 Å². The molecule has 10 heteroatoms. The van der Waals surface area contributed by atoms with Gasteiger partial charge in [0.1, 0.15) is 16.9 Å². The summed E-state index contributed by atoms with van der Waals surface area (Å²) in [6.45, 7) is 2.43. The molecule has 1 fully saturated rings. The number of benzene rings is 2. The number of halogens is 3. The molecular formula is C21H20ClF2N3O3S. The van der Waals surface area contributed by atoms with Crippen LogP contribution in [0, 0.1) is 18.6 Å². The van der Waals surface area contributed by atoms with Gasteiger partial charge in [-0.1, -0.05) is 29.4 Å². The standard InChI is InChI=1S/C21H20ClF2N3O3S/c1-12-3-5-14(10-15(12)22)25-21-27(7-8-30-2)20(29)18(31-21)11-19(28)26-17-6-4-13(23)9-16(17)24/h3-6,9-10,18H,7-8,11H2,1-2H3,(H,26,28). The van der Waals surface area contributed by atoms with E-state index in [9.17, 15) is 18.4 Å². The second-order valence-electron chi connectivity index (χ2n) is 6.79. The van der Waals surface area contributed by atoms with E-state index in [1.807, 2.05) is 13.0 Å². The van der Waals surface area contributed by atoms with Gasteiger partial charge in [0.15, 0.2) is 5.17 Å². The van der Waals surface area contributed by atoms with Crippen molar-refractivity contribution < 1.29 is 23.1 Å². The summed E-state index contributed by atoms with van der Waals surface area (Å²) in [4.78, 5) is 31.2. The van der Waals surface area contributed by atoms with Crippen molar-refractivity contribution in [2.75, 3.05) is 25.6 Å². The van der Waals surface area contributed by atoms with Crippen LogP contribution in [0.15, 0.2) is 41.4 Å². The van der Waals surface area contributed by atoms with E-state index in [1.54, 1.807) is 12.1 Å². The summed E-state index contributed by atoms with van der Waals surface area (Å²) in [5.74, 6) is -2.50. The van der Waals surface area contributed by atoms with E-state index in [0.717, 1.165) is 29.5 Å². The van der Waals surface area contributed by atoms with E-state index in [2.05, 4.69) is 10.3 Å². The van der Waals surface area contributed by atoms with Gasteiger partial charge in [-0.3, -0.25) is 14.5 Å². The second kappa shape index (κ2) is 10.2. The van der Waals surface area contributed by atoms with E-state index in [-0.39, 0.29) is 24.6 Å². The Morgan fingerprint density at radius 2 is 2.06 bits per heavy atom. The molecule has 164 valence electrons. The molecule has 0 aromatic heterocycles. The fraction of sp³-hybridized carbons (Fsp3) is 0.286. The first kappa shape index (κ1) is 23.2. The number of carbonyl (C=O) groups excluding carboxylic acids is 2. The highest BCUT2D eigenvalue weighted by molar-refractivity contribution is 8.15. The number of aliphatic imine (C=N–C) groups is 1. The number of carbonyl (C=O) groups is 2. The first-order chi connectivity index (χ1) is 14.8. The molecule has 1 aliphatic heterocycles. The second-order valence-corrected chi connectivity index (χ2v) is 8.37. The number of anilines is 1. The monoisotopic (exact) mass is 467 g/mol. The number of nitrogens with zero attached hydrogens (tertiary/aromatic N) is 2. The largest absolute Gasteiger partial charge is 0.383 e. The van der Waals surface area contributed by atoms with Crippen molar-refractivity contribution in [2.45, 2.75) is 18.6 Å². The Morgan fingerprint density at radius 3 is 2.74 bits per heavy atom. The number of aryl methyl sites for hydroxylation is 1. The molecule has 1 aliphatic rings. The zero-order valence-corrected chi connectivity index (χ0v) is 18.4. The minimum Gasteiger partial charge on any atom is -0.383 e. The quantitative estimate of drug-likeness (QED) is 0.649. The predicted octanol–water partition coefficient (Wildman–Crippen LogP) is 4.53. The molecule has 1 heterocycles. The lowest BCUT2D eigenvalue weighted by Gasteiger charge is -2.16. The van der Waals surface area contributed by atoms with E-state index < -0.39 is 22.8 Å². The molecule has 2 aromatic rings. The number of hydrogen-bond acceptors (Lipinski definition) is 5. The van der Waals surface area contributed by atoms with E-state index >= 15 is 0 Å². The third-order valence-corrected chi connectivity index (χ3v) is 6.08. The summed E-state index contributed by atoms with van der Waals surface area (Å²) in [6.07, 6.45) is -0.197. The fourth-order valence-electron chi connectivity index (χ4n) is 2.84. The number of methoxy groups -OCH3 is 1. The average Bonchev–Trinajstić information content (AvgIpc) is 2.99. The van der Waals surface area contributed by atoms with Gasteiger partial charge in [-0.2, -0.15) is 0 Å². The number of rotatable bonds is 7. The molecule has 1 N–H and O–H groups in total. The average molecular weight is 468 g/mol. The molecule has 0 saturated carbocycles. The van der Waals surface area contributed by atoms with Gasteiger partial charge in [0.05, 0.1) is 24.5 Å². The van der Waals surface area contributed by atoms with Crippen molar-refractivity contribution in [1.29, 1.82) is 0 Å². The molecule has 1 unspecified atom stereocenters. The van der Waals surface area contributed by atoms with E-state index in [4.69, 9.17) is 16.3 Å². The summed E-state index contributed by atoms with van der Waals surface area (Å²) in [6, 6.07) is 8.15. The molecule has 0 spiro atoms. The Bertz CT molecular complexity index is 1030. The van der Waals surface area contributed by atoms with Crippen LogP contribution in [0.1, 0.15) is 12.0 Å². The van der Waals surface area contributed by atoms with Crippen LogP contribution in [0.25, 0.3) is 0 Å². The minimum absolute atomic E-state index is 0.152. The normalized spacial score (nSPS) is 17.5. The van der Waals surface area contributed by atoms with Crippen LogP contribution in [-0.4, -0.2) is 47.4 Å². The van der Waals surface area contributed by atoms with Crippen molar-refractivity contribution in [1.82, 2.24) is 4.90 Å². The maximum absolute atomic E-state index is 13.8. The summed E-state index contributed by atoms with van der Waals surface area (Å²) >= 11 is 7.30. The third-order valence-electron chi connectivity index (χ3n) is 4.50. The highest BCUT2D eigenvalue weighted by Gasteiger charge is 2.39. The molecule has 2 amide bonds. The van der Waals surface area contributed by atoms with Crippen LogP contribution in [-0.2, 0) is 14.3 Å². The Balaban J connectivity index is 1.76. The Morgan fingerprint density at radius 1 is 1.29 bits per heavy atom. The zero-order valence-electron chi connectivity index (χ0n) is 16.8. The van der Waals surface area contributed by atoms with Crippen LogP contribution in [0.2, 0.25) is 5.02 Å². The molecule has 2 aromatic carbocycles. The summed E-state index contributed by atoms with van der Waals surface area (Å²) < 4.78 is 31.9. The van der Waals surface area contributed by atoms with Gasteiger partial charge in [-0.25, -0.2) is 13.8 Å². The van der Waals surface area contributed by atoms with Crippen molar-refractivity contribution in [3.05, 3.63) is 58.6 Å². The number of amides is 2. The summed E-state index contributed by atoms with van der Waals surface area (Å²) in [7, 11) is 1.52. The van der Waals surface area contributed by atoms with Crippen molar-refractivity contribution >= 4 is 51.7 Å². The third kappa shape index (κ3) is 5.81. The summed E-state index contributed by atoms with van der Waals surface area (Å²) in [5.41, 5.74) is 1.33. The SMILES string of the molecule is COCCN1C(=O)C(CC(=O)Nc2ccc(F)cc2F)SC1=Nc1ccc(C)c(Cl)c1. The lowest BCUT2D eigenvalue weighted by molar-refractivity contribution is -0.128. The highest BCUT2D eigenvalue weighted by Crippen LogP contribution is 2.33. The number of hydrogen-bond donors (Lipinski definition) is 1. The van der Waals surface area contributed by atoms with Gasteiger partial charge in [0.2, 0.25) is 11.8 Å². The molecule has 6 nitrogen and oxygen atoms in total. The fourth-order valence-corrected chi connectivity index (χ4v) is 4.19. The van der Waals surface area contributed by atoms with Crippen LogP contribution >= 0.6 is 23.4 Å². The van der Waals surface area contributed by atoms with Crippen molar-refractivity contribution in [3.63, 3.8) is 0 Å². The summed E-state index contributed by atoms with van der Waals surface area (Å²) in [5, 5.41) is 2.61. The lowest BCUT2D eigenvalue weighted by Crippen LogP contribution is -2.35. The molecule has 0 bridgehead atoms. The Hall–Kier alpha value is -2.49. The molecule has 1 atom stereocenters. The number of nitrogens with one attached hydrogen (secondary N) is 1. The van der Waals surface area contributed by atoms with Crippen LogP contribution < -0.4 is 5.32 Å². The number of thioether (sulfide) groups is 1. The van der Waals surface area contributed by atoms with Crippen LogP contribution in [0.3, 0.4) is 0 Å². The maximum Gasteiger partial charge on any atom is 0.242 e. The van der Waals surface area contributed by atoms with Gasteiger partial charge >= 0.3 is 0 Å². The number of ether oxygens (including phenoxy) is 1. The lowest BCUT2D eigenvalue weighted by atomic mass is 10.2. The Kier molecular flexibility index (Phi) is 7.64. The first-order valence-corrected chi connectivity index (χ1v) is 10.6.